The first-order valence-electron chi connectivity index (χ1n) is 9.65. The van der Waals surface area contributed by atoms with Crippen LogP contribution in [0.1, 0.15) is 5.56 Å². The van der Waals surface area contributed by atoms with Crippen molar-refractivity contribution in [1.82, 2.24) is 9.88 Å². The minimum atomic E-state index is -4.41. The number of methoxy groups -OCH3 is 1. The Morgan fingerprint density at radius 3 is 2.53 bits per heavy atom. The quantitative estimate of drug-likeness (QED) is 0.387. The van der Waals surface area contributed by atoms with E-state index in [1.807, 2.05) is 24.3 Å². The highest BCUT2D eigenvalue weighted by molar-refractivity contribution is 8.00. The number of benzene rings is 2. The molecule has 0 bridgehead atoms. The Morgan fingerprint density at radius 1 is 1.09 bits per heavy atom. The zero-order chi connectivity index (χ0) is 22.9. The number of imide groups is 1. The molecule has 0 unspecified atom stereocenters. The highest BCUT2D eigenvalue weighted by Crippen LogP contribution is 2.37. The van der Waals surface area contributed by atoms with Crippen LogP contribution in [0.2, 0.25) is 0 Å². The lowest BCUT2D eigenvalue weighted by Gasteiger charge is -2.18. The molecule has 1 fully saturated rings. The Bertz CT molecular complexity index is 1160. The van der Waals surface area contributed by atoms with E-state index in [4.69, 9.17) is 4.74 Å². The zero-order valence-electron chi connectivity index (χ0n) is 16.9. The summed E-state index contributed by atoms with van der Waals surface area (Å²) in [6, 6.07) is 12.1. The van der Waals surface area contributed by atoms with Crippen molar-refractivity contribution in [1.29, 1.82) is 0 Å². The molecule has 0 radical (unpaired) electrons. The Morgan fingerprint density at radius 2 is 1.84 bits per heavy atom. The van der Waals surface area contributed by atoms with Crippen molar-refractivity contribution < 1.29 is 27.5 Å². The van der Waals surface area contributed by atoms with E-state index in [1.54, 1.807) is 13.3 Å². The summed E-state index contributed by atoms with van der Waals surface area (Å²) in [6.07, 6.45) is 2.16. The van der Waals surface area contributed by atoms with Crippen molar-refractivity contribution >= 4 is 40.3 Å². The maximum atomic E-state index is 12.8. The van der Waals surface area contributed by atoms with E-state index in [0.29, 0.717) is 18.7 Å². The van der Waals surface area contributed by atoms with Crippen molar-refractivity contribution in [2.75, 3.05) is 25.1 Å². The van der Waals surface area contributed by atoms with Gasteiger partial charge in [-0.1, -0.05) is 6.07 Å². The molecule has 32 heavy (non-hydrogen) atoms. The second-order valence-corrected chi connectivity index (χ2v) is 8.19. The molecule has 1 aliphatic heterocycles. The van der Waals surface area contributed by atoms with Gasteiger partial charge in [0.25, 0.3) is 5.91 Å². The maximum Gasteiger partial charge on any atom is 0.446 e. The minimum Gasteiger partial charge on any atom is -0.496 e. The first-order chi connectivity index (χ1) is 15.3. The van der Waals surface area contributed by atoms with E-state index in [2.05, 4.69) is 4.98 Å². The molecule has 0 saturated carbocycles. The van der Waals surface area contributed by atoms with Gasteiger partial charge in [0.15, 0.2) is 0 Å². The average Bonchev–Trinajstić information content (AvgIpc) is 3.04. The lowest BCUT2D eigenvalue weighted by Crippen LogP contribution is -2.34. The number of anilines is 1. The summed E-state index contributed by atoms with van der Waals surface area (Å²) in [5.41, 5.74) is -2.47. The Balaban J connectivity index is 1.49. The van der Waals surface area contributed by atoms with Crippen LogP contribution in [0.4, 0.5) is 23.7 Å². The van der Waals surface area contributed by atoms with Crippen LogP contribution in [0.3, 0.4) is 0 Å². The molecule has 4 rings (SSSR count). The standard InChI is InChI=1S/C22H18F3N3O3S/c1-31-18-4-2-3-17-20(18)14(9-11-26-17)10-12-27-13-19(29)28(21(27)30)15-5-7-16(8-6-15)32-22(23,24)25/h2-9,11H,10,12-13H2,1H3. The molecule has 2 heterocycles. The van der Waals surface area contributed by atoms with Crippen LogP contribution in [0.15, 0.2) is 59.6 Å². The van der Waals surface area contributed by atoms with Crippen molar-refractivity contribution in [2.24, 2.45) is 0 Å². The molecule has 1 saturated heterocycles. The van der Waals surface area contributed by atoms with Crippen molar-refractivity contribution in [3.8, 4) is 5.75 Å². The van der Waals surface area contributed by atoms with E-state index in [-0.39, 0.29) is 28.9 Å². The number of carbonyl (C=O) groups is 2. The number of ether oxygens (including phenoxy) is 1. The smallest absolute Gasteiger partial charge is 0.446 e. The van der Waals surface area contributed by atoms with Crippen LogP contribution in [0.25, 0.3) is 10.9 Å². The zero-order valence-corrected chi connectivity index (χ0v) is 17.7. The van der Waals surface area contributed by atoms with Gasteiger partial charge in [0.1, 0.15) is 12.3 Å². The van der Waals surface area contributed by atoms with Crippen LogP contribution in [-0.2, 0) is 11.2 Å². The van der Waals surface area contributed by atoms with Gasteiger partial charge in [-0.05, 0) is 66.2 Å². The van der Waals surface area contributed by atoms with Gasteiger partial charge in [-0.25, -0.2) is 9.69 Å². The van der Waals surface area contributed by atoms with Gasteiger partial charge in [-0.15, -0.1) is 0 Å². The minimum absolute atomic E-state index is 0.0179. The fraction of sp³-hybridized carbons (Fsp3) is 0.227. The number of carbonyl (C=O) groups excluding carboxylic acids is 2. The normalized spacial score (nSPS) is 14.5. The SMILES string of the molecule is COc1cccc2nccc(CCN3CC(=O)N(c4ccc(SC(F)(F)F)cc4)C3=O)c12. The molecular weight excluding hydrogens is 443 g/mol. The van der Waals surface area contributed by atoms with Gasteiger partial charge in [0, 0.05) is 23.0 Å². The molecule has 0 atom stereocenters. The molecular formula is C22H18F3N3O3S. The maximum absolute atomic E-state index is 12.8. The van der Waals surface area contributed by atoms with Gasteiger partial charge >= 0.3 is 11.5 Å². The number of urea groups is 1. The van der Waals surface area contributed by atoms with Gasteiger partial charge in [-0.3, -0.25) is 9.78 Å². The molecule has 166 valence electrons. The summed E-state index contributed by atoms with van der Waals surface area (Å²) in [5.74, 6) is 0.247. The van der Waals surface area contributed by atoms with E-state index in [0.717, 1.165) is 21.4 Å². The molecule has 10 heteroatoms. The monoisotopic (exact) mass is 461 g/mol. The topological polar surface area (TPSA) is 62.7 Å². The summed E-state index contributed by atoms with van der Waals surface area (Å²) in [4.78, 5) is 32.1. The predicted octanol–water partition coefficient (Wildman–Crippen LogP) is 4.87. The number of alkyl halides is 3. The lowest BCUT2D eigenvalue weighted by molar-refractivity contribution is -0.116. The average molecular weight is 461 g/mol. The summed E-state index contributed by atoms with van der Waals surface area (Å²) >= 11 is -0.250. The van der Waals surface area contributed by atoms with Crippen molar-refractivity contribution in [3.63, 3.8) is 0 Å². The summed E-state index contributed by atoms with van der Waals surface area (Å²) in [6.45, 7) is 0.193. The number of halogens is 3. The van der Waals surface area contributed by atoms with Gasteiger partial charge in [-0.2, -0.15) is 13.2 Å². The second-order valence-electron chi connectivity index (χ2n) is 7.05. The highest BCUT2D eigenvalue weighted by atomic mass is 32.2. The fourth-order valence-electron chi connectivity index (χ4n) is 3.65. The van der Waals surface area contributed by atoms with Crippen molar-refractivity contribution in [3.05, 3.63) is 60.3 Å². The van der Waals surface area contributed by atoms with Crippen LogP contribution in [0, 0.1) is 0 Å². The molecule has 6 nitrogen and oxygen atoms in total. The number of pyridine rings is 1. The second kappa shape index (κ2) is 8.70. The van der Waals surface area contributed by atoms with E-state index >= 15 is 0 Å². The molecule has 2 aromatic carbocycles. The number of hydrogen-bond acceptors (Lipinski definition) is 5. The first kappa shape index (κ1) is 21.9. The molecule has 1 aliphatic rings. The van der Waals surface area contributed by atoms with E-state index in [9.17, 15) is 22.8 Å². The Hall–Kier alpha value is -3.27. The number of fused-ring (bicyclic) bond motifs is 1. The summed E-state index contributed by atoms with van der Waals surface area (Å²) in [7, 11) is 1.57. The third kappa shape index (κ3) is 4.50. The van der Waals surface area contributed by atoms with Crippen LogP contribution < -0.4 is 9.64 Å². The molecule has 0 N–H and O–H groups in total. The molecule has 0 aliphatic carbocycles. The molecule has 0 spiro atoms. The number of thioether (sulfide) groups is 1. The summed E-state index contributed by atoms with van der Waals surface area (Å²) in [5, 5.41) is 0.852. The largest absolute Gasteiger partial charge is 0.496 e. The van der Waals surface area contributed by atoms with Crippen molar-refractivity contribution in [2.45, 2.75) is 16.8 Å². The predicted molar refractivity (Wildman–Crippen MR) is 115 cm³/mol. The van der Waals surface area contributed by atoms with E-state index < -0.39 is 17.4 Å². The summed E-state index contributed by atoms with van der Waals surface area (Å²) < 4.78 is 43.0. The highest BCUT2D eigenvalue weighted by Gasteiger charge is 2.37. The number of nitrogens with zero attached hydrogens (tertiary/aromatic N) is 3. The fourth-order valence-corrected chi connectivity index (χ4v) is 4.19. The number of aromatic nitrogens is 1. The van der Waals surface area contributed by atoms with Crippen LogP contribution >= 0.6 is 11.8 Å². The van der Waals surface area contributed by atoms with E-state index in [1.165, 1.54) is 29.2 Å². The third-order valence-corrected chi connectivity index (χ3v) is 5.79. The molecule has 3 amide bonds. The van der Waals surface area contributed by atoms with Crippen LogP contribution in [-0.4, -0.2) is 47.5 Å². The number of rotatable bonds is 6. The molecule has 3 aromatic rings. The Kier molecular flexibility index (Phi) is 5.96. The lowest BCUT2D eigenvalue weighted by atomic mass is 10.1. The molecule has 1 aromatic heterocycles. The number of hydrogen-bond donors (Lipinski definition) is 0. The van der Waals surface area contributed by atoms with Gasteiger partial charge in [0.05, 0.1) is 18.3 Å². The third-order valence-electron chi connectivity index (χ3n) is 5.05. The first-order valence-corrected chi connectivity index (χ1v) is 10.5. The van der Waals surface area contributed by atoms with Gasteiger partial charge in [0.2, 0.25) is 0 Å². The Labute approximate surface area is 186 Å². The van der Waals surface area contributed by atoms with Gasteiger partial charge < -0.3 is 9.64 Å². The number of amides is 3. The van der Waals surface area contributed by atoms with Crippen LogP contribution in [0.5, 0.6) is 5.75 Å².